The fourth-order valence-corrected chi connectivity index (χ4v) is 5.29. The first-order valence-corrected chi connectivity index (χ1v) is 10.9. The first kappa shape index (κ1) is 18.0. The Bertz CT molecular complexity index is 869. The minimum Gasteiger partial charge on any atom is -0.343 e. The summed E-state index contributed by atoms with van der Waals surface area (Å²) in [6.45, 7) is 6.87. The molecule has 28 heavy (non-hydrogen) atoms. The molecule has 0 N–H and O–H groups in total. The van der Waals surface area contributed by atoms with Crippen molar-refractivity contribution in [1.82, 2.24) is 29.6 Å². The monoisotopic (exact) mass is 382 g/mol. The number of aromatic nitrogens is 4. The van der Waals surface area contributed by atoms with E-state index in [1.54, 1.807) is 6.92 Å². The van der Waals surface area contributed by atoms with Crippen molar-refractivity contribution in [3.05, 3.63) is 23.1 Å². The third kappa shape index (κ3) is 3.41. The first-order valence-electron chi connectivity index (χ1n) is 10.9. The molecule has 7 heteroatoms. The summed E-state index contributed by atoms with van der Waals surface area (Å²) in [6.07, 6.45) is 8.03. The lowest BCUT2D eigenvalue weighted by Gasteiger charge is -2.37. The number of hydrogen-bond acceptors (Lipinski definition) is 5. The highest BCUT2D eigenvalue weighted by molar-refractivity contribution is 5.73. The topological polar surface area (TPSA) is 66.6 Å². The van der Waals surface area contributed by atoms with Crippen LogP contribution in [-0.4, -0.2) is 68.2 Å². The number of carbonyl (C=O) groups excluding carboxylic acids is 1. The van der Waals surface area contributed by atoms with Crippen LogP contribution in [0.3, 0.4) is 0 Å². The minimum absolute atomic E-state index is 0.223. The van der Waals surface area contributed by atoms with Gasteiger partial charge in [-0.15, -0.1) is 10.2 Å². The highest BCUT2D eigenvalue weighted by atomic mass is 16.2. The average molecular weight is 383 g/mol. The summed E-state index contributed by atoms with van der Waals surface area (Å²) in [4.78, 5) is 16.3. The fourth-order valence-electron chi connectivity index (χ4n) is 5.29. The molecule has 5 rings (SSSR count). The largest absolute Gasteiger partial charge is 0.343 e. The van der Waals surface area contributed by atoms with Crippen molar-refractivity contribution >= 4 is 11.6 Å². The average Bonchev–Trinajstić information content (AvgIpc) is 3.33. The van der Waals surface area contributed by atoms with E-state index in [-0.39, 0.29) is 5.91 Å². The van der Waals surface area contributed by atoms with Gasteiger partial charge in [0.05, 0.1) is 5.69 Å². The van der Waals surface area contributed by atoms with Gasteiger partial charge in [0.1, 0.15) is 0 Å². The van der Waals surface area contributed by atoms with E-state index in [2.05, 4.69) is 21.2 Å². The maximum atomic E-state index is 11.7. The SMILES string of the molecule is CC(=O)N1CCCC(CN2CCC(c3nnc4cc5c(nn34)CCC5)CC2)C1. The van der Waals surface area contributed by atoms with E-state index in [0.717, 1.165) is 76.3 Å². The van der Waals surface area contributed by atoms with E-state index in [4.69, 9.17) is 5.10 Å². The molecule has 0 bridgehead atoms. The second-order valence-corrected chi connectivity index (χ2v) is 8.85. The summed E-state index contributed by atoms with van der Waals surface area (Å²) in [5, 5.41) is 13.8. The molecule has 150 valence electrons. The number of aryl methyl sites for hydroxylation is 2. The summed E-state index contributed by atoms with van der Waals surface area (Å²) in [7, 11) is 0. The van der Waals surface area contributed by atoms with Gasteiger partial charge in [-0.25, -0.2) is 0 Å². The lowest BCUT2D eigenvalue weighted by atomic mass is 9.93. The maximum absolute atomic E-state index is 11.7. The van der Waals surface area contributed by atoms with Gasteiger partial charge < -0.3 is 9.80 Å². The molecule has 0 spiro atoms. The quantitative estimate of drug-likeness (QED) is 0.813. The Balaban J connectivity index is 1.22. The number of carbonyl (C=O) groups is 1. The normalized spacial score (nSPS) is 24.0. The number of nitrogens with zero attached hydrogens (tertiary/aromatic N) is 6. The van der Waals surface area contributed by atoms with E-state index in [9.17, 15) is 4.79 Å². The number of rotatable bonds is 3. The molecule has 7 nitrogen and oxygen atoms in total. The van der Waals surface area contributed by atoms with E-state index in [0.29, 0.717) is 11.8 Å². The van der Waals surface area contributed by atoms with Gasteiger partial charge >= 0.3 is 0 Å². The van der Waals surface area contributed by atoms with Gasteiger partial charge in [0.25, 0.3) is 0 Å². The van der Waals surface area contributed by atoms with Gasteiger partial charge in [0, 0.05) is 32.5 Å². The summed E-state index contributed by atoms with van der Waals surface area (Å²) in [6, 6.07) is 2.19. The van der Waals surface area contributed by atoms with E-state index in [1.807, 2.05) is 9.42 Å². The van der Waals surface area contributed by atoms with Crippen LogP contribution in [0.4, 0.5) is 0 Å². The predicted octanol–water partition coefficient (Wildman–Crippen LogP) is 2.05. The fraction of sp³-hybridized carbons (Fsp3) is 0.714. The molecular formula is C21H30N6O. The van der Waals surface area contributed by atoms with Crippen LogP contribution in [0.15, 0.2) is 6.07 Å². The molecule has 2 aromatic heterocycles. The van der Waals surface area contributed by atoms with Crippen molar-refractivity contribution in [1.29, 1.82) is 0 Å². The molecule has 2 fully saturated rings. The van der Waals surface area contributed by atoms with Gasteiger partial charge in [-0.2, -0.15) is 9.61 Å². The maximum Gasteiger partial charge on any atom is 0.219 e. The number of hydrogen-bond donors (Lipinski definition) is 0. The highest BCUT2D eigenvalue weighted by Crippen LogP contribution is 2.29. The smallest absolute Gasteiger partial charge is 0.219 e. The van der Waals surface area contributed by atoms with Crippen molar-refractivity contribution in [3.63, 3.8) is 0 Å². The second-order valence-electron chi connectivity index (χ2n) is 8.85. The highest BCUT2D eigenvalue weighted by Gasteiger charge is 2.29. The second kappa shape index (κ2) is 7.43. The lowest BCUT2D eigenvalue weighted by Crippen LogP contribution is -2.44. The zero-order valence-corrected chi connectivity index (χ0v) is 16.8. The van der Waals surface area contributed by atoms with E-state index in [1.165, 1.54) is 24.1 Å². The van der Waals surface area contributed by atoms with Crippen LogP contribution < -0.4 is 0 Å². The molecule has 3 aliphatic rings. The van der Waals surface area contributed by atoms with Gasteiger partial charge in [-0.3, -0.25) is 4.79 Å². The van der Waals surface area contributed by atoms with Gasteiger partial charge in [-0.05, 0) is 75.6 Å². The third-order valence-electron chi connectivity index (χ3n) is 6.88. The molecule has 1 amide bonds. The molecule has 2 aliphatic heterocycles. The van der Waals surface area contributed by atoms with Gasteiger partial charge in [0.15, 0.2) is 11.5 Å². The Morgan fingerprint density at radius 2 is 1.96 bits per heavy atom. The third-order valence-corrected chi connectivity index (χ3v) is 6.88. The Morgan fingerprint density at radius 3 is 2.79 bits per heavy atom. The molecule has 1 atom stereocenters. The van der Waals surface area contributed by atoms with E-state index < -0.39 is 0 Å². The van der Waals surface area contributed by atoms with Crippen molar-refractivity contribution in [2.75, 3.05) is 32.7 Å². The zero-order chi connectivity index (χ0) is 19.1. The molecular weight excluding hydrogens is 352 g/mol. The zero-order valence-electron chi connectivity index (χ0n) is 16.8. The lowest BCUT2D eigenvalue weighted by molar-refractivity contribution is -0.130. The molecule has 2 saturated heterocycles. The van der Waals surface area contributed by atoms with Crippen LogP contribution >= 0.6 is 0 Å². The first-order chi connectivity index (χ1) is 13.7. The van der Waals surface area contributed by atoms with E-state index >= 15 is 0 Å². The number of piperidine rings is 2. The Morgan fingerprint density at radius 1 is 1.11 bits per heavy atom. The van der Waals surface area contributed by atoms with Crippen molar-refractivity contribution in [3.8, 4) is 0 Å². The minimum atomic E-state index is 0.223. The Kier molecular flexibility index (Phi) is 4.78. The molecule has 2 aromatic rings. The van der Waals surface area contributed by atoms with Crippen LogP contribution in [0, 0.1) is 5.92 Å². The number of amides is 1. The van der Waals surface area contributed by atoms with Crippen LogP contribution in [0.2, 0.25) is 0 Å². The van der Waals surface area contributed by atoms with Crippen LogP contribution in [0.1, 0.15) is 62.0 Å². The number of fused-ring (bicyclic) bond motifs is 2. The molecule has 4 heterocycles. The number of likely N-dealkylation sites (tertiary alicyclic amines) is 2. The Labute approximate surface area is 166 Å². The Hall–Kier alpha value is -2.02. The molecule has 0 radical (unpaired) electrons. The summed E-state index contributed by atoms with van der Waals surface area (Å²) >= 11 is 0. The molecule has 0 saturated carbocycles. The standard InChI is InChI=1S/C21H30N6O/c1-15(28)26-9-3-4-16(14-26)13-25-10-7-17(8-11-25)21-23-22-20-12-18-5-2-6-19(18)24-27(20)21/h12,16-17H,2-11,13-14H2,1H3. The van der Waals surface area contributed by atoms with Crippen molar-refractivity contribution < 1.29 is 4.79 Å². The summed E-state index contributed by atoms with van der Waals surface area (Å²) < 4.78 is 2.01. The van der Waals surface area contributed by atoms with Crippen LogP contribution in [0.25, 0.3) is 5.65 Å². The van der Waals surface area contributed by atoms with Crippen LogP contribution in [0.5, 0.6) is 0 Å². The van der Waals surface area contributed by atoms with Gasteiger partial charge in [0.2, 0.25) is 5.91 Å². The van der Waals surface area contributed by atoms with Crippen molar-refractivity contribution in [2.24, 2.45) is 5.92 Å². The predicted molar refractivity (Wildman–Crippen MR) is 106 cm³/mol. The molecule has 1 aliphatic carbocycles. The van der Waals surface area contributed by atoms with Crippen molar-refractivity contribution in [2.45, 2.75) is 57.8 Å². The summed E-state index contributed by atoms with van der Waals surface area (Å²) in [5.41, 5.74) is 3.50. The van der Waals surface area contributed by atoms with Crippen LogP contribution in [-0.2, 0) is 17.6 Å². The molecule has 0 aromatic carbocycles. The summed E-state index contributed by atoms with van der Waals surface area (Å²) in [5.74, 6) is 2.33. The molecule has 1 unspecified atom stereocenters. The van der Waals surface area contributed by atoms with Gasteiger partial charge in [-0.1, -0.05) is 0 Å².